The summed E-state index contributed by atoms with van der Waals surface area (Å²) in [7, 11) is 3.23. The number of amides is 2. The summed E-state index contributed by atoms with van der Waals surface area (Å²) in [5.41, 5.74) is 1.28. The number of benzene rings is 1. The average Bonchev–Trinajstić information content (AvgIpc) is 3.01. The molecule has 0 radical (unpaired) electrons. The van der Waals surface area contributed by atoms with Gasteiger partial charge in [-0.25, -0.2) is 5.01 Å². The first-order valence-electron chi connectivity index (χ1n) is 7.00. The largest absolute Gasteiger partial charge is 0.313 e. The van der Waals surface area contributed by atoms with Crippen LogP contribution in [0.3, 0.4) is 0 Å². The van der Waals surface area contributed by atoms with Gasteiger partial charge in [0.1, 0.15) is 5.00 Å². The summed E-state index contributed by atoms with van der Waals surface area (Å²) in [6, 6.07) is 4.11. The minimum absolute atomic E-state index is 0.192. The minimum Gasteiger partial charge on any atom is -0.313 e. The van der Waals surface area contributed by atoms with Gasteiger partial charge >= 0.3 is 0 Å². The number of rotatable bonds is 6. The van der Waals surface area contributed by atoms with E-state index in [1.807, 2.05) is 0 Å². The summed E-state index contributed by atoms with van der Waals surface area (Å²) in [5.74, 6) is -1.27. The van der Waals surface area contributed by atoms with Crippen LogP contribution in [0.5, 0.6) is 0 Å². The van der Waals surface area contributed by atoms with Gasteiger partial charge in [-0.2, -0.15) is 0 Å². The molecule has 11 nitrogen and oxygen atoms in total. The van der Waals surface area contributed by atoms with E-state index in [-0.39, 0.29) is 16.1 Å². The van der Waals surface area contributed by atoms with Crippen LogP contribution in [0.4, 0.5) is 16.4 Å². The molecule has 2 rings (SSSR count). The van der Waals surface area contributed by atoms with Crippen molar-refractivity contribution >= 4 is 39.5 Å². The van der Waals surface area contributed by atoms with E-state index in [0.717, 1.165) is 29.5 Å². The lowest BCUT2D eigenvalue weighted by Crippen LogP contribution is -2.36. The van der Waals surface area contributed by atoms with Gasteiger partial charge in [-0.15, -0.1) is 11.3 Å². The van der Waals surface area contributed by atoms with Crippen molar-refractivity contribution in [3.8, 4) is 0 Å². The molecule has 0 saturated carbocycles. The molecule has 0 aliphatic rings. The van der Waals surface area contributed by atoms with Crippen molar-refractivity contribution in [3.05, 3.63) is 61.0 Å². The van der Waals surface area contributed by atoms with Crippen LogP contribution < -0.4 is 10.7 Å². The zero-order valence-electron chi connectivity index (χ0n) is 13.6. The predicted molar refractivity (Wildman–Crippen MR) is 93.2 cm³/mol. The second-order valence-corrected chi connectivity index (χ2v) is 6.12. The molecule has 26 heavy (non-hydrogen) atoms. The van der Waals surface area contributed by atoms with Crippen LogP contribution in [-0.2, 0) is 0 Å². The van der Waals surface area contributed by atoms with E-state index in [2.05, 4.69) is 10.7 Å². The van der Waals surface area contributed by atoms with Gasteiger partial charge in [-0.05, 0) is 11.4 Å². The maximum Gasteiger partial charge on any atom is 0.277 e. The number of anilines is 1. The average molecular weight is 379 g/mol. The zero-order chi connectivity index (χ0) is 19.4. The van der Waals surface area contributed by atoms with E-state index in [1.54, 1.807) is 19.5 Å². The second kappa shape index (κ2) is 7.67. The molecule has 0 saturated heterocycles. The summed E-state index contributed by atoms with van der Waals surface area (Å²) in [4.78, 5) is 44.6. The number of hydrazine groups is 1. The first-order valence-corrected chi connectivity index (χ1v) is 7.88. The fourth-order valence-electron chi connectivity index (χ4n) is 1.96. The molecular weight excluding hydrogens is 366 g/mol. The van der Waals surface area contributed by atoms with Gasteiger partial charge in [0.25, 0.3) is 23.2 Å². The summed E-state index contributed by atoms with van der Waals surface area (Å²) in [5, 5.41) is 27.5. The molecule has 1 aromatic heterocycles. The Balaban J connectivity index is 2.31. The van der Waals surface area contributed by atoms with Crippen molar-refractivity contribution in [2.75, 3.05) is 19.4 Å². The Labute approximate surface area is 150 Å². The van der Waals surface area contributed by atoms with Crippen molar-refractivity contribution in [1.29, 1.82) is 0 Å². The van der Waals surface area contributed by atoms with E-state index in [1.165, 1.54) is 11.1 Å². The molecule has 2 amide bonds. The van der Waals surface area contributed by atoms with Crippen molar-refractivity contribution in [2.45, 2.75) is 0 Å². The standard InChI is InChI=1S/C14H13N5O6S/c1-17(2)16-13(21)11-3-4-26-14(11)15-12(20)8-5-9(18(22)23)7-10(6-8)19(24)25/h3-7H,1-2H3,(H,15,20)(H,16,21). The van der Waals surface area contributed by atoms with Crippen LogP contribution in [0.15, 0.2) is 29.6 Å². The van der Waals surface area contributed by atoms with E-state index in [4.69, 9.17) is 0 Å². The van der Waals surface area contributed by atoms with Crippen molar-refractivity contribution in [3.63, 3.8) is 0 Å². The molecule has 0 bridgehead atoms. The summed E-state index contributed by atoms with van der Waals surface area (Å²) < 4.78 is 0. The van der Waals surface area contributed by atoms with Crippen molar-refractivity contribution in [1.82, 2.24) is 10.4 Å². The molecule has 0 atom stereocenters. The van der Waals surface area contributed by atoms with E-state index in [9.17, 15) is 29.8 Å². The summed E-state index contributed by atoms with van der Waals surface area (Å²) >= 11 is 1.07. The third-order valence-corrected chi connectivity index (χ3v) is 3.88. The fourth-order valence-corrected chi connectivity index (χ4v) is 2.74. The topological polar surface area (TPSA) is 148 Å². The van der Waals surface area contributed by atoms with Crippen LogP contribution >= 0.6 is 11.3 Å². The smallest absolute Gasteiger partial charge is 0.277 e. The van der Waals surface area contributed by atoms with Gasteiger partial charge in [-0.3, -0.25) is 35.2 Å². The summed E-state index contributed by atoms with van der Waals surface area (Å²) in [6.45, 7) is 0. The van der Waals surface area contributed by atoms with Gasteiger partial charge in [-0.1, -0.05) is 0 Å². The normalized spacial score (nSPS) is 10.4. The SMILES string of the molecule is CN(C)NC(=O)c1ccsc1NC(=O)c1cc([N+](=O)[O-])cc([N+](=O)[O-])c1. The molecule has 1 aromatic carbocycles. The first-order chi connectivity index (χ1) is 12.2. The predicted octanol–water partition coefficient (Wildman–Crippen LogP) is 2.02. The number of hydrogen-bond acceptors (Lipinski definition) is 8. The zero-order valence-corrected chi connectivity index (χ0v) is 14.4. The maximum absolute atomic E-state index is 12.4. The number of nitrogens with zero attached hydrogens (tertiary/aromatic N) is 3. The minimum atomic E-state index is -0.828. The van der Waals surface area contributed by atoms with Gasteiger partial charge in [0.2, 0.25) is 0 Å². The van der Waals surface area contributed by atoms with Gasteiger partial charge in [0.15, 0.2) is 0 Å². The Hall–Kier alpha value is -3.38. The molecule has 12 heteroatoms. The molecule has 0 aliphatic carbocycles. The first kappa shape index (κ1) is 19.0. The Kier molecular flexibility index (Phi) is 5.59. The number of hydrogen-bond donors (Lipinski definition) is 2. The number of nitro benzene ring substituents is 2. The van der Waals surface area contributed by atoms with Crippen molar-refractivity contribution < 1.29 is 19.4 Å². The number of nitrogens with one attached hydrogen (secondary N) is 2. The molecule has 0 unspecified atom stereocenters. The van der Waals surface area contributed by atoms with Gasteiger partial charge in [0, 0.05) is 26.2 Å². The second-order valence-electron chi connectivity index (χ2n) is 5.21. The van der Waals surface area contributed by atoms with E-state index >= 15 is 0 Å². The van der Waals surface area contributed by atoms with Gasteiger partial charge < -0.3 is 5.32 Å². The summed E-state index contributed by atoms with van der Waals surface area (Å²) in [6.07, 6.45) is 0. The lowest BCUT2D eigenvalue weighted by molar-refractivity contribution is -0.394. The molecule has 1 heterocycles. The van der Waals surface area contributed by atoms with E-state index in [0.29, 0.717) is 0 Å². The molecule has 2 aromatic rings. The monoisotopic (exact) mass is 379 g/mol. The van der Waals surface area contributed by atoms with Crippen LogP contribution in [0.25, 0.3) is 0 Å². The highest BCUT2D eigenvalue weighted by atomic mass is 32.1. The maximum atomic E-state index is 12.4. The third kappa shape index (κ3) is 4.37. The van der Waals surface area contributed by atoms with Crippen molar-refractivity contribution in [2.24, 2.45) is 0 Å². The highest BCUT2D eigenvalue weighted by molar-refractivity contribution is 7.14. The third-order valence-electron chi connectivity index (χ3n) is 3.05. The Morgan fingerprint density at radius 2 is 1.62 bits per heavy atom. The quantitative estimate of drug-likeness (QED) is 0.576. The molecule has 0 spiro atoms. The van der Waals surface area contributed by atoms with E-state index < -0.39 is 33.0 Å². The number of carbonyl (C=O) groups excluding carboxylic acids is 2. The Bertz CT molecular complexity index is 861. The Morgan fingerprint density at radius 3 is 2.12 bits per heavy atom. The fraction of sp³-hybridized carbons (Fsp3) is 0.143. The highest BCUT2D eigenvalue weighted by Crippen LogP contribution is 2.26. The lowest BCUT2D eigenvalue weighted by atomic mass is 10.1. The van der Waals surface area contributed by atoms with Crippen LogP contribution in [0.2, 0.25) is 0 Å². The molecular formula is C14H13N5O6S. The lowest BCUT2D eigenvalue weighted by Gasteiger charge is -2.12. The molecule has 0 aliphatic heterocycles. The molecule has 136 valence electrons. The number of nitro groups is 2. The van der Waals surface area contributed by atoms with Crippen LogP contribution in [0, 0.1) is 20.2 Å². The number of non-ortho nitro benzene ring substituents is 2. The van der Waals surface area contributed by atoms with Crippen LogP contribution in [0.1, 0.15) is 20.7 Å². The number of thiophene rings is 1. The molecule has 2 N–H and O–H groups in total. The molecule has 0 fully saturated rings. The highest BCUT2D eigenvalue weighted by Gasteiger charge is 2.22. The van der Waals surface area contributed by atoms with Gasteiger partial charge in [0.05, 0.1) is 27.0 Å². The number of carbonyl (C=O) groups is 2. The Morgan fingerprint density at radius 1 is 1.04 bits per heavy atom. The van der Waals surface area contributed by atoms with Crippen LogP contribution in [-0.4, -0.2) is 40.8 Å².